The van der Waals surface area contributed by atoms with Crippen molar-refractivity contribution in [1.29, 1.82) is 0 Å². The topological polar surface area (TPSA) is 71.6 Å². The van der Waals surface area contributed by atoms with E-state index < -0.39 is 0 Å². The van der Waals surface area contributed by atoms with E-state index in [1.165, 1.54) is 0 Å². The number of halogens is 1. The van der Waals surface area contributed by atoms with Gasteiger partial charge in [0.2, 0.25) is 0 Å². The SMILES string of the molecule is Cc1ccc2c(Cc3ccc(Cl)c(C=O)c3)nccc2c1N1CN=C(N)c2sccc21. The van der Waals surface area contributed by atoms with Gasteiger partial charge >= 0.3 is 0 Å². The number of aryl methyl sites for hydroxylation is 1. The van der Waals surface area contributed by atoms with Gasteiger partial charge in [0.25, 0.3) is 0 Å². The van der Waals surface area contributed by atoms with E-state index in [1.54, 1.807) is 17.4 Å². The van der Waals surface area contributed by atoms with Crippen LogP contribution in [0.4, 0.5) is 11.4 Å². The highest BCUT2D eigenvalue weighted by molar-refractivity contribution is 7.12. The number of carbonyl (C=O) groups is 1. The smallest absolute Gasteiger partial charge is 0.151 e. The third-order valence-corrected chi connectivity index (χ3v) is 6.85. The molecular weight excluding hydrogens is 428 g/mol. The largest absolute Gasteiger partial charge is 0.383 e. The fraction of sp³-hybridized carbons (Fsp3) is 0.125. The van der Waals surface area contributed by atoms with Crippen LogP contribution in [0.1, 0.15) is 32.1 Å². The predicted molar refractivity (Wildman–Crippen MR) is 128 cm³/mol. The molecule has 31 heavy (non-hydrogen) atoms. The Kier molecular flexibility index (Phi) is 4.96. The van der Waals surface area contributed by atoms with Crippen LogP contribution < -0.4 is 10.6 Å². The number of fused-ring (bicyclic) bond motifs is 2. The van der Waals surface area contributed by atoms with Gasteiger partial charge in [0.05, 0.1) is 27.0 Å². The average molecular weight is 447 g/mol. The molecule has 5 rings (SSSR count). The molecule has 0 saturated carbocycles. The van der Waals surface area contributed by atoms with Crippen LogP contribution in [0, 0.1) is 6.92 Å². The van der Waals surface area contributed by atoms with Crippen molar-refractivity contribution >= 4 is 57.2 Å². The van der Waals surface area contributed by atoms with Gasteiger partial charge in [0.1, 0.15) is 12.5 Å². The van der Waals surface area contributed by atoms with E-state index in [-0.39, 0.29) is 0 Å². The van der Waals surface area contributed by atoms with Crippen LogP contribution in [0.3, 0.4) is 0 Å². The Morgan fingerprint density at radius 2 is 2.06 bits per heavy atom. The molecule has 3 heterocycles. The first-order valence-electron chi connectivity index (χ1n) is 9.83. The van der Waals surface area contributed by atoms with E-state index in [9.17, 15) is 4.79 Å². The number of anilines is 2. The molecule has 0 aliphatic carbocycles. The third kappa shape index (κ3) is 3.38. The molecule has 1 aliphatic rings. The number of benzene rings is 2. The molecular formula is C24H19ClN4OS. The summed E-state index contributed by atoms with van der Waals surface area (Å²) in [4.78, 5) is 23.7. The number of nitrogens with two attached hydrogens (primary N) is 1. The van der Waals surface area contributed by atoms with E-state index >= 15 is 0 Å². The van der Waals surface area contributed by atoms with Gasteiger partial charge in [-0.3, -0.25) is 9.78 Å². The Hall–Kier alpha value is -3.22. The van der Waals surface area contributed by atoms with E-state index in [1.807, 2.05) is 29.8 Å². The van der Waals surface area contributed by atoms with Crippen molar-refractivity contribution in [3.8, 4) is 0 Å². The summed E-state index contributed by atoms with van der Waals surface area (Å²) < 4.78 is 0. The summed E-state index contributed by atoms with van der Waals surface area (Å²) >= 11 is 7.69. The number of aldehydes is 1. The van der Waals surface area contributed by atoms with Crippen LogP contribution in [0.2, 0.25) is 5.02 Å². The van der Waals surface area contributed by atoms with Gasteiger partial charge in [-0.1, -0.05) is 29.8 Å². The zero-order valence-electron chi connectivity index (χ0n) is 16.8. The molecule has 2 aromatic heterocycles. The predicted octanol–water partition coefficient (Wildman–Crippen LogP) is 5.48. The lowest BCUT2D eigenvalue weighted by Gasteiger charge is -2.29. The molecule has 1 aliphatic heterocycles. The highest BCUT2D eigenvalue weighted by Crippen LogP contribution is 2.40. The van der Waals surface area contributed by atoms with Gasteiger partial charge < -0.3 is 10.6 Å². The standard InChI is InChI=1S/C24H19ClN4OS/c1-14-2-4-17-18(22(14)29-13-28-24(26)23-21(29)7-9-31-23)6-8-27-20(17)11-15-3-5-19(25)16(10-15)12-30/h2-10,12H,11,13H2,1H3,(H2,26,28). The lowest BCUT2D eigenvalue weighted by Crippen LogP contribution is -2.28. The molecule has 0 saturated heterocycles. The summed E-state index contributed by atoms with van der Waals surface area (Å²) in [7, 11) is 0. The number of thiophene rings is 1. The highest BCUT2D eigenvalue weighted by Gasteiger charge is 2.24. The number of nitrogens with zero attached hydrogens (tertiary/aromatic N) is 3. The van der Waals surface area contributed by atoms with Crippen molar-refractivity contribution in [2.24, 2.45) is 10.7 Å². The molecule has 154 valence electrons. The first-order chi connectivity index (χ1) is 15.1. The van der Waals surface area contributed by atoms with Crippen LogP contribution in [0.25, 0.3) is 10.8 Å². The highest BCUT2D eigenvalue weighted by atomic mass is 35.5. The number of carbonyl (C=O) groups excluding carboxylic acids is 1. The number of rotatable bonds is 4. The molecule has 2 aromatic carbocycles. The maximum Gasteiger partial charge on any atom is 0.151 e. The second-order valence-electron chi connectivity index (χ2n) is 7.48. The maximum absolute atomic E-state index is 11.3. The number of hydrogen-bond acceptors (Lipinski definition) is 6. The van der Waals surface area contributed by atoms with Crippen LogP contribution >= 0.6 is 22.9 Å². The quantitative estimate of drug-likeness (QED) is 0.421. The Balaban J connectivity index is 1.63. The lowest BCUT2D eigenvalue weighted by atomic mass is 9.99. The van der Waals surface area contributed by atoms with E-state index in [2.05, 4.69) is 40.0 Å². The third-order valence-electron chi connectivity index (χ3n) is 5.58. The fourth-order valence-electron chi connectivity index (χ4n) is 4.09. The molecule has 0 unspecified atom stereocenters. The number of hydrogen-bond donors (Lipinski definition) is 1. The summed E-state index contributed by atoms with van der Waals surface area (Å²) in [6.45, 7) is 2.59. The summed E-state index contributed by atoms with van der Waals surface area (Å²) in [5, 5.41) is 4.69. The van der Waals surface area contributed by atoms with Gasteiger partial charge in [-0.15, -0.1) is 11.3 Å². The minimum atomic E-state index is 0.457. The molecule has 0 radical (unpaired) electrons. The van der Waals surface area contributed by atoms with E-state index in [0.29, 0.717) is 29.5 Å². The second kappa shape index (κ2) is 7.80. The monoisotopic (exact) mass is 446 g/mol. The first kappa shape index (κ1) is 19.7. The van der Waals surface area contributed by atoms with Gasteiger partial charge in [0, 0.05) is 29.0 Å². The normalized spacial score (nSPS) is 13.2. The van der Waals surface area contributed by atoms with Gasteiger partial charge in [0.15, 0.2) is 6.29 Å². The molecule has 2 N–H and O–H groups in total. The first-order valence-corrected chi connectivity index (χ1v) is 11.1. The second-order valence-corrected chi connectivity index (χ2v) is 8.81. The number of amidine groups is 1. The lowest BCUT2D eigenvalue weighted by molar-refractivity contribution is 0.112. The molecule has 0 atom stereocenters. The van der Waals surface area contributed by atoms with Gasteiger partial charge in [-0.05, 0) is 47.7 Å². The summed E-state index contributed by atoms with van der Waals surface area (Å²) in [6, 6.07) is 13.9. The minimum Gasteiger partial charge on any atom is -0.383 e. The molecule has 0 fully saturated rings. The fourth-order valence-corrected chi connectivity index (χ4v) is 5.07. The summed E-state index contributed by atoms with van der Waals surface area (Å²) in [6.07, 6.45) is 3.23. The van der Waals surface area contributed by atoms with E-state index in [4.69, 9.17) is 17.3 Å². The summed E-state index contributed by atoms with van der Waals surface area (Å²) in [5.41, 5.74) is 11.9. The van der Waals surface area contributed by atoms with Crippen molar-refractivity contribution in [2.75, 3.05) is 11.6 Å². The van der Waals surface area contributed by atoms with Crippen molar-refractivity contribution in [3.63, 3.8) is 0 Å². The molecule has 7 heteroatoms. The average Bonchev–Trinajstić information content (AvgIpc) is 3.27. The van der Waals surface area contributed by atoms with Crippen molar-refractivity contribution in [1.82, 2.24) is 4.98 Å². The van der Waals surface area contributed by atoms with Crippen LogP contribution in [0.5, 0.6) is 0 Å². The number of aromatic nitrogens is 1. The molecule has 4 aromatic rings. The van der Waals surface area contributed by atoms with E-state index in [0.717, 1.165) is 50.1 Å². The van der Waals surface area contributed by atoms with Crippen molar-refractivity contribution < 1.29 is 4.79 Å². The minimum absolute atomic E-state index is 0.457. The van der Waals surface area contributed by atoms with Gasteiger partial charge in [-0.25, -0.2) is 4.99 Å². The Bertz CT molecular complexity index is 1360. The number of pyridine rings is 1. The van der Waals surface area contributed by atoms with Gasteiger partial charge in [-0.2, -0.15) is 0 Å². The molecule has 0 amide bonds. The Morgan fingerprint density at radius 3 is 2.90 bits per heavy atom. The maximum atomic E-state index is 11.3. The van der Waals surface area contributed by atoms with Crippen molar-refractivity contribution in [2.45, 2.75) is 13.3 Å². The number of aliphatic imine (C=N–C) groups is 1. The zero-order valence-corrected chi connectivity index (χ0v) is 18.4. The Labute approximate surface area is 188 Å². The van der Waals surface area contributed by atoms with Crippen LogP contribution in [0.15, 0.2) is 59.0 Å². The molecule has 0 spiro atoms. The van der Waals surface area contributed by atoms with Crippen molar-refractivity contribution in [3.05, 3.63) is 86.3 Å². The Morgan fingerprint density at radius 1 is 1.19 bits per heavy atom. The van der Waals surface area contributed by atoms with Crippen LogP contribution in [-0.4, -0.2) is 23.8 Å². The molecule has 5 nitrogen and oxygen atoms in total. The summed E-state index contributed by atoms with van der Waals surface area (Å²) in [5.74, 6) is 0.593. The zero-order chi connectivity index (χ0) is 21.5. The van der Waals surface area contributed by atoms with Crippen LogP contribution in [-0.2, 0) is 6.42 Å². The molecule has 0 bridgehead atoms.